The normalized spacial score (nSPS) is 19.9. The maximum absolute atomic E-state index is 12.1. The Morgan fingerprint density at radius 2 is 2.15 bits per heavy atom. The molecule has 5 heteroatoms. The summed E-state index contributed by atoms with van der Waals surface area (Å²) in [5, 5.41) is 9.19. The second kappa shape index (κ2) is 4.20. The number of cyclic esters (lactones) is 1. The summed E-state index contributed by atoms with van der Waals surface area (Å²) in [6, 6.07) is 9.15. The van der Waals surface area contributed by atoms with E-state index in [0.717, 1.165) is 5.56 Å². The zero-order chi connectivity index (χ0) is 14.3. The summed E-state index contributed by atoms with van der Waals surface area (Å²) in [6.45, 7) is 3.68. The van der Waals surface area contributed by atoms with Gasteiger partial charge < -0.3 is 9.30 Å². The Morgan fingerprint density at radius 3 is 2.90 bits per heavy atom. The molecule has 3 rings (SSSR count). The van der Waals surface area contributed by atoms with Crippen molar-refractivity contribution in [3.63, 3.8) is 0 Å². The van der Waals surface area contributed by atoms with E-state index in [1.165, 1.54) is 6.20 Å². The summed E-state index contributed by atoms with van der Waals surface area (Å²) in [5.74, 6) is -0.333. The number of ether oxygens (including phenoxy) is 1. The lowest BCUT2D eigenvalue weighted by atomic mass is 9.85. The van der Waals surface area contributed by atoms with Gasteiger partial charge in [-0.15, -0.1) is 0 Å². The summed E-state index contributed by atoms with van der Waals surface area (Å²) in [5.41, 5.74) is 1.08. The minimum atomic E-state index is -0.752. The highest BCUT2D eigenvalue weighted by Gasteiger charge is 2.43. The van der Waals surface area contributed by atoms with E-state index in [0.29, 0.717) is 11.3 Å². The molecule has 1 aromatic heterocycles. The molecule has 0 amide bonds. The first kappa shape index (κ1) is 12.4. The van der Waals surface area contributed by atoms with Crippen LogP contribution in [0.15, 0.2) is 36.8 Å². The van der Waals surface area contributed by atoms with Crippen molar-refractivity contribution in [2.45, 2.75) is 25.5 Å². The van der Waals surface area contributed by atoms with Crippen molar-refractivity contribution in [2.75, 3.05) is 0 Å². The molecule has 0 saturated heterocycles. The van der Waals surface area contributed by atoms with Crippen molar-refractivity contribution < 1.29 is 9.53 Å². The van der Waals surface area contributed by atoms with Crippen LogP contribution in [-0.2, 0) is 4.74 Å². The van der Waals surface area contributed by atoms with Gasteiger partial charge in [-0.05, 0) is 25.5 Å². The zero-order valence-electron chi connectivity index (χ0n) is 11.2. The molecule has 0 unspecified atom stereocenters. The number of nitrogens with zero attached hydrogens (tertiary/aromatic N) is 3. The van der Waals surface area contributed by atoms with E-state index in [-0.39, 0.29) is 12.0 Å². The van der Waals surface area contributed by atoms with Gasteiger partial charge in [-0.2, -0.15) is 5.26 Å². The van der Waals surface area contributed by atoms with Crippen molar-refractivity contribution in [3.8, 4) is 6.07 Å². The number of esters is 1. The minimum absolute atomic E-state index is 0.270. The lowest BCUT2D eigenvalue weighted by Gasteiger charge is -2.39. The fraction of sp³-hybridized carbons (Fsp3) is 0.267. The standard InChI is InChI=1S/C15H13N3O2/c1-15(2)13(18-9-17-8-10(18)7-16)11-5-3-4-6-12(11)14(19)20-15/h3-6,8-9,13H,1-2H3/t13-/m0/s1. The first-order chi connectivity index (χ1) is 9.54. The fourth-order valence-electron chi connectivity index (χ4n) is 2.73. The highest BCUT2D eigenvalue weighted by molar-refractivity contribution is 5.93. The van der Waals surface area contributed by atoms with Crippen LogP contribution in [0.25, 0.3) is 0 Å². The summed E-state index contributed by atoms with van der Waals surface area (Å²) in [6.07, 6.45) is 3.11. The van der Waals surface area contributed by atoms with Crippen LogP contribution in [0, 0.1) is 11.3 Å². The summed E-state index contributed by atoms with van der Waals surface area (Å²) in [4.78, 5) is 16.1. The molecular formula is C15H13N3O2. The van der Waals surface area contributed by atoms with E-state index >= 15 is 0 Å². The molecule has 0 radical (unpaired) electrons. The molecule has 0 spiro atoms. The maximum Gasteiger partial charge on any atom is 0.339 e. The van der Waals surface area contributed by atoms with Crippen molar-refractivity contribution in [1.29, 1.82) is 5.26 Å². The average molecular weight is 267 g/mol. The summed E-state index contributed by atoms with van der Waals surface area (Å²) < 4.78 is 7.29. The molecule has 0 N–H and O–H groups in total. The molecule has 0 aliphatic carbocycles. The third-order valence-electron chi connectivity index (χ3n) is 3.55. The largest absolute Gasteiger partial charge is 0.453 e. The number of hydrogen-bond acceptors (Lipinski definition) is 4. The molecule has 20 heavy (non-hydrogen) atoms. The second-order valence-electron chi connectivity index (χ2n) is 5.28. The van der Waals surface area contributed by atoms with Crippen LogP contribution in [0.2, 0.25) is 0 Å². The monoisotopic (exact) mass is 267 g/mol. The smallest absolute Gasteiger partial charge is 0.339 e. The van der Waals surface area contributed by atoms with Crippen molar-refractivity contribution >= 4 is 5.97 Å². The Labute approximate surface area is 116 Å². The molecule has 1 aromatic carbocycles. The van der Waals surface area contributed by atoms with Crippen LogP contribution in [0.3, 0.4) is 0 Å². The van der Waals surface area contributed by atoms with Gasteiger partial charge in [-0.1, -0.05) is 18.2 Å². The van der Waals surface area contributed by atoms with E-state index in [4.69, 9.17) is 4.74 Å². The molecular weight excluding hydrogens is 254 g/mol. The van der Waals surface area contributed by atoms with Crippen molar-refractivity contribution in [2.24, 2.45) is 0 Å². The van der Waals surface area contributed by atoms with Crippen LogP contribution < -0.4 is 0 Å². The van der Waals surface area contributed by atoms with Crippen LogP contribution in [0.5, 0.6) is 0 Å². The zero-order valence-corrected chi connectivity index (χ0v) is 11.2. The Morgan fingerprint density at radius 1 is 1.40 bits per heavy atom. The van der Waals surface area contributed by atoms with E-state index < -0.39 is 5.60 Å². The Hall–Kier alpha value is -2.61. The molecule has 2 heterocycles. The fourth-order valence-corrected chi connectivity index (χ4v) is 2.73. The van der Waals surface area contributed by atoms with Gasteiger partial charge >= 0.3 is 5.97 Å². The van der Waals surface area contributed by atoms with Crippen molar-refractivity contribution in [1.82, 2.24) is 9.55 Å². The van der Waals surface area contributed by atoms with E-state index in [1.807, 2.05) is 26.0 Å². The summed E-state index contributed by atoms with van der Waals surface area (Å²) >= 11 is 0. The number of aromatic nitrogens is 2. The predicted octanol–water partition coefficient (Wildman–Crippen LogP) is 2.29. The average Bonchev–Trinajstić information content (AvgIpc) is 2.86. The predicted molar refractivity (Wildman–Crippen MR) is 71.0 cm³/mol. The van der Waals surface area contributed by atoms with Gasteiger partial charge in [-0.3, -0.25) is 0 Å². The highest BCUT2D eigenvalue weighted by Crippen LogP contribution is 2.40. The molecule has 1 atom stereocenters. The maximum atomic E-state index is 12.1. The number of imidazole rings is 1. The second-order valence-corrected chi connectivity index (χ2v) is 5.28. The highest BCUT2D eigenvalue weighted by atomic mass is 16.6. The molecule has 1 aliphatic heterocycles. The lowest BCUT2D eigenvalue weighted by Crippen LogP contribution is -2.43. The Kier molecular flexibility index (Phi) is 2.61. The molecule has 5 nitrogen and oxygen atoms in total. The van der Waals surface area contributed by atoms with Crippen molar-refractivity contribution in [3.05, 3.63) is 53.6 Å². The number of rotatable bonds is 1. The first-order valence-electron chi connectivity index (χ1n) is 6.29. The van der Waals surface area contributed by atoms with Gasteiger partial charge in [0, 0.05) is 0 Å². The molecule has 0 fully saturated rings. The Balaban J connectivity index is 2.25. The number of nitriles is 1. The van der Waals surface area contributed by atoms with Crippen LogP contribution in [0.1, 0.15) is 41.5 Å². The van der Waals surface area contributed by atoms with Crippen LogP contribution in [0.4, 0.5) is 0 Å². The van der Waals surface area contributed by atoms with E-state index in [1.54, 1.807) is 23.0 Å². The first-order valence-corrected chi connectivity index (χ1v) is 6.29. The Bertz CT molecular complexity index is 725. The van der Waals surface area contributed by atoms with Gasteiger partial charge in [0.1, 0.15) is 23.4 Å². The third-order valence-corrected chi connectivity index (χ3v) is 3.55. The topological polar surface area (TPSA) is 67.9 Å². The lowest BCUT2D eigenvalue weighted by molar-refractivity contribution is -0.0262. The summed E-state index contributed by atoms with van der Waals surface area (Å²) in [7, 11) is 0. The van der Waals surface area contributed by atoms with Gasteiger partial charge in [0.05, 0.1) is 18.1 Å². The van der Waals surface area contributed by atoms with E-state index in [2.05, 4.69) is 11.1 Å². The SMILES string of the molecule is CC1(C)OC(=O)c2ccccc2[C@@H]1n1cncc1C#N. The van der Waals surface area contributed by atoms with Gasteiger partial charge in [0.25, 0.3) is 0 Å². The number of carbonyl (C=O) groups is 1. The third kappa shape index (κ3) is 1.69. The van der Waals surface area contributed by atoms with Gasteiger partial charge in [0.2, 0.25) is 0 Å². The molecule has 1 aliphatic rings. The van der Waals surface area contributed by atoms with E-state index in [9.17, 15) is 10.1 Å². The molecule has 0 saturated carbocycles. The molecule has 2 aromatic rings. The number of benzene rings is 1. The number of hydrogen-bond donors (Lipinski definition) is 0. The van der Waals surface area contributed by atoms with Gasteiger partial charge in [-0.25, -0.2) is 9.78 Å². The number of fused-ring (bicyclic) bond motifs is 1. The van der Waals surface area contributed by atoms with Crippen LogP contribution >= 0.6 is 0 Å². The molecule has 0 bridgehead atoms. The quantitative estimate of drug-likeness (QED) is 0.743. The number of carbonyl (C=O) groups excluding carboxylic acids is 1. The van der Waals surface area contributed by atoms with Gasteiger partial charge in [0.15, 0.2) is 0 Å². The van der Waals surface area contributed by atoms with Crippen LogP contribution in [-0.4, -0.2) is 21.1 Å². The molecule has 100 valence electrons. The minimum Gasteiger partial charge on any atom is -0.453 e.